The minimum atomic E-state index is -0.980. The number of aliphatic hydroxyl groups is 2. The van der Waals surface area contributed by atoms with Crippen LogP contribution >= 0.6 is 24.2 Å². The van der Waals surface area contributed by atoms with E-state index in [1.165, 1.54) is 6.20 Å². The first-order valence-electron chi connectivity index (χ1n) is 5.65. The maximum atomic E-state index is 10.1. The fourth-order valence-corrected chi connectivity index (χ4v) is 2.39. The Bertz CT molecular complexity index is 550. The number of nitrogens with zero attached hydrogens (tertiary/aromatic N) is 1. The fourth-order valence-electron chi connectivity index (χ4n) is 1.91. The number of fused-ring (bicyclic) bond motifs is 1. The molecule has 2 aromatic rings. The minimum absolute atomic E-state index is 0.394. The third-order valence-electron chi connectivity index (χ3n) is 2.89. The molecule has 96 valence electrons. The van der Waals surface area contributed by atoms with Crippen LogP contribution in [0, 0.1) is 0 Å². The molecule has 0 bridgehead atoms. The molecule has 0 aliphatic rings. The van der Waals surface area contributed by atoms with Crippen molar-refractivity contribution in [1.82, 2.24) is 4.98 Å². The number of hydrogen-bond acceptors (Lipinski definition) is 4. The summed E-state index contributed by atoms with van der Waals surface area (Å²) in [5, 5.41) is 22.0. The van der Waals surface area contributed by atoms with Crippen molar-refractivity contribution >= 4 is 35.0 Å². The molecule has 0 aliphatic carbocycles. The van der Waals surface area contributed by atoms with E-state index in [-0.39, 0.29) is 0 Å². The number of aromatic nitrogens is 1. The molecular formula is C13H14ClNO2S. The Balaban J connectivity index is 2.48. The monoisotopic (exact) mass is 283 g/mol. The third-order valence-corrected chi connectivity index (χ3v) is 3.44. The number of rotatable bonds is 4. The number of benzene rings is 1. The van der Waals surface area contributed by atoms with Crippen molar-refractivity contribution in [1.29, 1.82) is 0 Å². The van der Waals surface area contributed by atoms with Gasteiger partial charge >= 0.3 is 0 Å². The molecule has 1 aromatic carbocycles. The van der Waals surface area contributed by atoms with E-state index in [4.69, 9.17) is 11.6 Å². The lowest BCUT2D eigenvalue weighted by Crippen LogP contribution is -2.19. The van der Waals surface area contributed by atoms with Crippen LogP contribution in [0.4, 0.5) is 0 Å². The summed E-state index contributed by atoms with van der Waals surface area (Å²) in [7, 11) is 0. The molecule has 1 aromatic heterocycles. The zero-order chi connectivity index (χ0) is 13.1. The van der Waals surface area contributed by atoms with Crippen LogP contribution < -0.4 is 0 Å². The van der Waals surface area contributed by atoms with E-state index in [1.54, 1.807) is 0 Å². The minimum Gasteiger partial charge on any atom is -0.390 e. The second kappa shape index (κ2) is 5.89. The summed E-state index contributed by atoms with van der Waals surface area (Å²) in [6.07, 6.45) is 0.0962. The summed E-state index contributed by atoms with van der Waals surface area (Å²) < 4.78 is 0. The number of pyridine rings is 1. The van der Waals surface area contributed by atoms with E-state index in [9.17, 15) is 10.2 Å². The fraction of sp³-hybridized carbons (Fsp3) is 0.308. The molecule has 5 heteroatoms. The zero-order valence-electron chi connectivity index (χ0n) is 9.62. The van der Waals surface area contributed by atoms with Crippen molar-refractivity contribution in [3.05, 3.63) is 41.2 Å². The number of aliphatic hydroxyl groups excluding tert-OH is 2. The highest BCUT2D eigenvalue weighted by Gasteiger charge is 2.20. The molecule has 0 spiro atoms. The Morgan fingerprint density at radius 2 is 1.89 bits per heavy atom. The maximum absolute atomic E-state index is 10.1. The van der Waals surface area contributed by atoms with Crippen molar-refractivity contribution in [2.75, 3.05) is 5.75 Å². The Labute approximate surface area is 116 Å². The summed E-state index contributed by atoms with van der Waals surface area (Å²) >= 11 is 10.1. The molecule has 18 heavy (non-hydrogen) atoms. The highest BCUT2D eigenvalue weighted by Crippen LogP contribution is 2.30. The van der Waals surface area contributed by atoms with Crippen LogP contribution in [0.3, 0.4) is 0 Å². The van der Waals surface area contributed by atoms with Gasteiger partial charge in [0.15, 0.2) is 0 Å². The van der Waals surface area contributed by atoms with Crippen LogP contribution in [-0.4, -0.2) is 27.1 Å². The molecule has 2 N–H and O–H groups in total. The van der Waals surface area contributed by atoms with E-state index in [0.29, 0.717) is 22.9 Å². The summed E-state index contributed by atoms with van der Waals surface area (Å²) in [6, 6.07) is 7.41. The second-order valence-corrected chi connectivity index (χ2v) is 4.88. The Morgan fingerprint density at radius 1 is 1.22 bits per heavy atom. The van der Waals surface area contributed by atoms with Gasteiger partial charge in [-0.2, -0.15) is 12.6 Å². The number of hydrogen-bond donors (Lipinski definition) is 3. The molecule has 3 nitrogen and oxygen atoms in total. The third kappa shape index (κ3) is 2.62. The van der Waals surface area contributed by atoms with Gasteiger partial charge < -0.3 is 10.2 Å². The second-order valence-electron chi connectivity index (χ2n) is 4.07. The van der Waals surface area contributed by atoms with Crippen LogP contribution in [0.5, 0.6) is 0 Å². The van der Waals surface area contributed by atoms with Gasteiger partial charge in [-0.05, 0) is 17.6 Å². The first-order valence-corrected chi connectivity index (χ1v) is 6.66. The SMILES string of the molecule is OC(CCS)C(O)c1cnc(Cl)c2ccccc12. The first-order chi connectivity index (χ1) is 8.65. The molecule has 0 fully saturated rings. The Hall–Kier alpha value is -0.810. The van der Waals surface area contributed by atoms with Gasteiger partial charge in [0.1, 0.15) is 11.3 Å². The lowest BCUT2D eigenvalue weighted by atomic mass is 9.99. The predicted octanol–water partition coefficient (Wildman–Crippen LogP) is 2.60. The normalized spacial score (nSPS) is 14.7. The first kappa shape index (κ1) is 13.6. The van der Waals surface area contributed by atoms with Crippen molar-refractivity contribution in [3.63, 3.8) is 0 Å². The summed E-state index contributed by atoms with van der Waals surface area (Å²) in [4.78, 5) is 4.05. The predicted molar refractivity (Wildman–Crippen MR) is 76.2 cm³/mol. The average Bonchev–Trinajstić information content (AvgIpc) is 2.39. The van der Waals surface area contributed by atoms with Gasteiger partial charge in [0.2, 0.25) is 0 Å². The highest BCUT2D eigenvalue weighted by molar-refractivity contribution is 7.80. The molecule has 0 saturated heterocycles. The van der Waals surface area contributed by atoms with Gasteiger partial charge in [-0.15, -0.1) is 0 Å². The number of thiol groups is 1. The van der Waals surface area contributed by atoms with Crippen molar-refractivity contribution < 1.29 is 10.2 Å². The standard InChI is InChI=1S/C13H14ClNO2S/c14-13-9-4-2-1-3-8(9)10(7-15-13)12(17)11(16)5-6-18/h1-4,7,11-12,16-18H,5-6H2. The van der Waals surface area contributed by atoms with E-state index < -0.39 is 12.2 Å². The average molecular weight is 284 g/mol. The maximum Gasteiger partial charge on any atom is 0.136 e. The van der Waals surface area contributed by atoms with Crippen LogP contribution in [-0.2, 0) is 0 Å². The molecule has 1 heterocycles. The highest BCUT2D eigenvalue weighted by atomic mass is 35.5. The molecular weight excluding hydrogens is 270 g/mol. The Kier molecular flexibility index (Phi) is 4.45. The summed E-state index contributed by atoms with van der Waals surface area (Å²) in [6.45, 7) is 0. The number of halogens is 1. The quantitative estimate of drug-likeness (QED) is 0.597. The van der Waals surface area contributed by atoms with Crippen LogP contribution in [0.15, 0.2) is 30.5 Å². The lowest BCUT2D eigenvalue weighted by Gasteiger charge is -2.19. The van der Waals surface area contributed by atoms with Gasteiger partial charge in [0.05, 0.1) is 6.10 Å². The van der Waals surface area contributed by atoms with Crippen molar-refractivity contribution in [2.45, 2.75) is 18.6 Å². The van der Waals surface area contributed by atoms with E-state index in [0.717, 1.165) is 10.8 Å². The van der Waals surface area contributed by atoms with Gasteiger partial charge in [0.25, 0.3) is 0 Å². The van der Waals surface area contributed by atoms with Gasteiger partial charge in [0, 0.05) is 17.1 Å². The molecule has 0 radical (unpaired) electrons. The molecule has 0 aliphatic heterocycles. The molecule has 0 saturated carbocycles. The van der Waals surface area contributed by atoms with E-state index >= 15 is 0 Å². The van der Waals surface area contributed by atoms with Crippen LogP contribution in [0.25, 0.3) is 10.8 Å². The molecule has 2 atom stereocenters. The van der Waals surface area contributed by atoms with Gasteiger partial charge in [-0.3, -0.25) is 0 Å². The molecule has 2 unspecified atom stereocenters. The largest absolute Gasteiger partial charge is 0.390 e. The zero-order valence-corrected chi connectivity index (χ0v) is 11.3. The van der Waals surface area contributed by atoms with E-state index in [2.05, 4.69) is 17.6 Å². The Morgan fingerprint density at radius 3 is 2.56 bits per heavy atom. The summed E-state index contributed by atoms with van der Waals surface area (Å²) in [5.74, 6) is 0.511. The van der Waals surface area contributed by atoms with E-state index in [1.807, 2.05) is 24.3 Å². The van der Waals surface area contributed by atoms with Gasteiger partial charge in [-0.1, -0.05) is 35.9 Å². The van der Waals surface area contributed by atoms with Crippen molar-refractivity contribution in [3.8, 4) is 0 Å². The summed E-state index contributed by atoms with van der Waals surface area (Å²) in [5.41, 5.74) is 0.587. The van der Waals surface area contributed by atoms with Crippen LogP contribution in [0.2, 0.25) is 5.15 Å². The topological polar surface area (TPSA) is 53.4 Å². The lowest BCUT2D eigenvalue weighted by molar-refractivity contribution is 0.0179. The molecule has 0 amide bonds. The van der Waals surface area contributed by atoms with Crippen molar-refractivity contribution in [2.24, 2.45) is 0 Å². The smallest absolute Gasteiger partial charge is 0.136 e. The van der Waals surface area contributed by atoms with Gasteiger partial charge in [-0.25, -0.2) is 4.98 Å². The van der Waals surface area contributed by atoms with Crippen LogP contribution in [0.1, 0.15) is 18.1 Å². The molecule has 2 rings (SSSR count).